The van der Waals surface area contributed by atoms with Gasteiger partial charge in [0.1, 0.15) is 5.75 Å². The highest BCUT2D eigenvalue weighted by molar-refractivity contribution is 6.31. The maximum absolute atomic E-state index is 13.8. The van der Waals surface area contributed by atoms with Crippen molar-refractivity contribution < 1.29 is 23.7 Å². The van der Waals surface area contributed by atoms with Crippen LogP contribution in [0.3, 0.4) is 0 Å². The van der Waals surface area contributed by atoms with Crippen LogP contribution in [0, 0.1) is 6.92 Å². The van der Waals surface area contributed by atoms with Gasteiger partial charge in [-0.25, -0.2) is 9.78 Å². The third kappa shape index (κ3) is 6.57. The molecule has 0 aliphatic carbocycles. The van der Waals surface area contributed by atoms with Crippen LogP contribution in [0.1, 0.15) is 50.3 Å². The number of nitrogens with zero attached hydrogens (tertiary/aromatic N) is 3. The van der Waals surface area contributed by atoms with E-state index in [-0.39, 0.29) is 35.7 Å². The third-order valence-electron chi connectivity index (χ3n) is 6.48. The smallest absolute Gasteiger partial charge is 0.344 e. The fourth-order valence-electron chi connectivity index (χ4n) is 4.51. The van der Waals surface area contributed by atoms with Crippen LogP contribution in [0.25, 0.3) is 22.3 Å². The normalized spacial score (nSPS) is 11.5. The first-order valence-electron chi connectivity index (χ1n) is 13.5. The van der Waals surface area contributed by atoms with Crippen molar-refractivity contribution in [2.45, 2.75) is 46.6 Å². The molecule has 0 amide bonds. The van der Waals surface area contributed by atoms with Crippen molar-refractivity contribution in [3.8, 4) is 28.6 Å². The Morgan fingerprint density at radius 1 is 1.05 bits per heavy atom. The van der Waals surface area contributed by atoms with E-state index in [1.807, 2.05) is 25.1 Å². The predicted molar refractivity (Wildman–Crippen MR) is 165 cm³/mol. The molecule has 4 aromatic rings. The number of aryl methyl sites for hydroxylation is 1. The van der Waals surface area contributed by atoms with E-state index in [2.05, 4.69) is 18.9 Å². The third-order valence-corrected chi connectivity index (χ3v) is 6.69. The van der Waals surface area contributed by atoms with Crippen LogP contribution in [0.15, 0.2) is 58.4 Å². The lowest BCUT2D eigenvalue weighted by molar-refractivity contribution is -0.149. The molecule has 10 heteroatoms. The van der Waals surface area contributed by atoms with E-state index in [0.717, 1.165) is 22.4 Å². The van der Waals surface area contributed by atoms with Gasteiger partial charge in [0.25, 0.3) is 5.56 Å². The number of methoxy groups -OCH3 is 2. The Hall–Kier alpha value is -4.37. The van der Waals surface area contributed by atoms with E-state index in [0.29, 0.717) is 27.3 Å². The van der Waals surface area contributed by atoms with Gasteiger partial charge in [-0.1, -0.05) is 37.6 Å². The lowest BCUT2D eigenvalue weighted by Crippen LogP contribution is -2.21. The molecule has 4 rings (SSSR count). The number of esters is 1. The number of ether oxygens (including phenoxy) is 4. The van der Waals surface area contributed by atoms with Crippen molar-refractivity contribution in [3.63, 3.8) is 0 Å². The summed E-state index contributed by atoms with van der Waals surface area (Å²) in [6.07, 6.45) is 1.14. The number of benzene rings is 3. The van der Waals surface area contributed by atoms with Gasteiger partial charge in [-0.15, -0.1) is 0 Å². The fraction of sp³-hybridized carbons (Fsp3) is 0.312. The number of aromatic nitrogens is 2. The summed E-state index contributed by atoms with van der Waals surface area (Å²) < 4.78 is 23.3. The second kappa shape index (κ2) is 13.1. The zero-order valence-electron chi connectivity index (χ0n) is 24.7. The molecule has 0 spiro atoms. The molecule has 0 fully saturated rings. The van der Waals surface area contributed by atoms with Crippen LogP contribution >= 0.6 is 11.6 Å². The molecule has 42 heavy (non-hydrogen) atoms. The molecule has 0 atom stereocenters. The molecule has 0 bridgehead atoms. The van der Waals surface area contributed by atoms with Gasteiger partial charge in [-0.05, 0) is 68.1 Å². The van der Waals surface area contributed by atoms with Gasteiger partial charge < -0.3 is 18.9 Å². The predicted octanol–water partition coefficient (Wildman–Crippen LogP) is 6.38. The maximum Gasteiger partial charge on any atom is 0.344 e. The van der Waals surface area contributed by atoms with Crippen molar-refractivity contribution in [2.24, 2.45) is 5.10 Å². The Labute approximate surface area is 249 Å². The molecular formula is C32H34ClN3O6. The van der Waals surface area contributed by atoms with Crippen LogP contribution in [0.4, 0.5) is 0 Å². The molecule has 0 aliphatic heterocycles. The Morgan fingerprint density at radius 2 is 1.76 bits per heavy atom. The quantitative estimate of drug-likeness (QED) is 0.156. The van der Waals surface area contributed by atoms with E-state index in [9.17, 15) is 9.59 Å². The fourth-order valence-corrected chi connectivity index (χ4v) is 4.73. The van der Waals surface area contributed by atoms with Crippen molar-refractivity contribution in [2.75, 3.05) is 20.8 Å². The Balaban J connectivity index is 1.91. The summed E-state index contributed by atoms with van der Waals surface area (Å²) in [5, 5.41) is 5.35. The number of hydrogen-bond donors (Lipinski definition) is 0. The highest BCUT2D eigenvalue weighted by Gasteiger charge is 2.19. The molecule has 0 saturated heterocycles. The number of halogens is 1. The lowest BCUT2D eigenvalue weighted by atomic mass is 9.96. The minimum absolute atomic E-state index is 0.157. The molecule has 1 heterocycles. The van der Waals surface area contributed by atoms with Gasteiger partial charge in [0.2, 0.25) is 0 Å². The van der Waals surface area contributed by atoms with E-state index in [1.54, 1.807) is 51.3 Å². The summed E-state index contributed by atoms with van der Waals surface area (Å²) in [6.45, 7) is 9.22. The van der Waals surface area contributed by atoms with Gasteiger partial charge in [0.05, 0.1) is 37.4 Å². The molecule has 1 aromatic heterocycles. The van der Waals surface area contributed by atoms with Crippen LogP contribution in [-0.4, -0.2) is 48.8 Å². The van der Waals surface area contributed by atoms with Crippen molar-refractivity contribution in [1.29, 1.82) is 0 Å². The average molecular weight is 592 g/mol. The summed E-state index contributed by atoms with van der Waals surface area (Å²) >= 11 is 6.37. The number of carbonyl (C=O) groups excluding carboxylic acids is 1. The summed E-state index contributed by atoms with van der Waals surface area (Å²) in [7, 11) is 3.09. The van der Waals surface area contributed by atoms with Crippen LogP contribution in [0.5, 0.6) is 17.2 Å². The Bertz CT molecular complexity index is 1710. The molecule has 0 saturated carbocycles. The molecule has 3 aromatic carbocycles. The van der Waals surface area contributed by atoms with Crippen LogP contribution in [0.2, 0.25) is 5.02 Å². The first kappa shape index (κ1) is 30.6. The Morgan fingerprint density at radius 3 is 2.43 bits per heavy atom. The average Bonchev–Trinajstić information content (AvgIpc) is 2.95. The molecule has 0 aliphatic rings. The lowest BCUT2D eigenvalue weighted by Gasteiger charge is -2.17. The number of para-hydroxylation sites is 1. The van der Waals surface area contributed by atoms with E-state index in [1.165, 1.54) is 18.0 Å². The first-order chi connectivity index (χ1) is 20.0. The molecule has 220 valence electrons. The van der Waals surface area contributed by atoms with Gasteiger partial charge in [0, 0.05) is 22.2 Å². The van der Waals surface area contributed by atoms with Crippen LogP contribution < -0.4 is 19.8 Å². The molecule has 0 N–H and O–H groups in total. The minimum Gasteiger partial charge on any atom is -0.496 e. The topological polar surface area (TPSA) is 101 Å². The number of hydrogen-bond acceptors (Lipinski definition) is 8. The molecule has 0 radical (unpaired) electrons. The Kier molecular flexibility index (Phi) is 9.52. The maximum atomic E-state index is 13.8. The van der Waals surface area contributed by atoms with Gasteiger partial charge >= 0.3 is 5.97 Å². The highest BCUT2D eigenvalue weighted by Crippen LogP contribution is 2.35. The largest absolute Gasteiger partial charge is 0.496 e. The highest BCUT2D eigenvalue weighted by atomic mass is 35.5. The SMILES string of the molecule is COc1cc(C)c(-c2nc3ccccc3c(=O)n2N=Cc2cc(Cl)cc(OC)c2OCC(=O)OC(C)C)cc1C(C)C. The molecule has 9 nitrogen and oxygen atoms in total. The zero-order valence-corrected chi connectivity index (χ0v) is 25.5. The van der Waals surface area contributed by atoms with E-state index < -0.39 is 5.97 Å². The van der Waals surface area contributed by atoms with E-state index in [4.69, 9.17) is 35.5 Å². The van der Waals surface area contributed by atoms with Gasteiger partial charge in [0.15, 0.2) is 23.9 Å². The number of fused-ring (bicyclic) bond motifs is 1. The van der Waals surface area contributed by atoms with Gasteiger partial charge in [-0.3, -0.25) is 4.79 Å². The first-order valence-corrected chi connectivity index (χ1v) is 13.9. The van der Waals surface area contributed by atoms with Crippen molar-refractivity contribution >= 4 is 34.7 Å². The zero-order chi connectivity index (χ0) is 30.6. The summed E-state index contributed by atoms with van der Waals surface area (Å²) in [5.41, 5.74) is 3.14. The van der Waals surface area contributed by atoms with Crippen molar-refractivity contribution in [3.05, 3.63) is 80.6 Å². The number of rotatable bonds is 10. The molecule has 0 unspecified atom stereocenters. The second-order valence-corrected chi connectivity index (χ2v) is 10.7. The van der Waals surface area contributed by atoms with E-state index >= 15 is 0 Å². The van der Waals surface area contributed by atoms with Crippen molar-refractivity contribution in [1.82, 2.24) is 9.66 Å². The standard InChI is InChI=1S/C32H34ClN3O6/c1-18(2)24-15-25(20(5)12-27(24)39-6)31-35-26-11-9-8-10-23(26)32(38)36(31)34-16-21-13-22(33)14-28(40-7)30(21)41-17-29(37)42-19(3)4/h8-16,18-19H,17H2,1-7H3. The van der Waals surface area contributed by atoms with Gasteiger partial charge in [-0.2, -0.15) is 9.78 Å². The summed E-state index contributed by atoms with van der Waals surface area (Å²) in [4.78, 5) is 30.9. The summed E-state index contributed by atoms with van der Waals surface area (Å²) in [5.74, 6) is 1.24. The monoisotopic (exact) mass is 591 g/mol. The molecular weight excluding hydrogens is 558 g/mol. The summed E-state index contributed by atoms with van der Waals surface area (Å²) in [6, 6.07) is 14.2. The second-order valence-electron chi connectivity index (χ2n) is 10.2. The minimum atomic E-state index is -0.543. The number of carbonyl (C=O) groups is 1. The van der Waals surface area contributed by atoms with Crippen LogP contribution in [-0.2, 0) is 9.53 Å².